The van der Waals surface area contributed by atoms with Gasteiger partial charge in [-0.2, -0.15) is 9.57 Å². The molecule has 7 heteroatoms. The monoisotopic (exact) mass is 312 g/mol. The van der Waals surface area contributed by atoms with Gasteiger partial charge >= 0.3 is 0 Å². The molecule has 0 N–H and O–H groups in total. The molecule has 1 aromatic carbocycles. The van der Waals surface area contributed by atoms with Crippen molar-refractivity contribution in [2.24, 2.45) is 5.92 Å². The van der Waals surface area contributed by atoms with Gasteiger partial charge in [0.1, 0.15) is 11.9 Å². The van der Waals surface area contributed by atoms with E-state index in [9.17, 15) is 12.8 Å². The molecule has 0 saturated carbocycles. The average Bonchev–Trinajstić information content (AvgIpc) is 2.47. The Morgan fingerprint density at radius 3 is 2.81 bits per heavy atom. The molecule has 0 aliphatic carbocycles. The molecule has 0 bridgehead atoms. The zero-order valence-electron chi connectivity index (χ0n) is 11.9. The highest BCUT2D eigenvalue weighted by Crippen LogP contribution is 2.26. The second-order valence-electron chi connectivity index (χ2n) is 5.16. The van der Waals surface area contributed by atoms with Crippen molar-refractivity contribution in [1.29, 1.82) is 5.26 Å². The number of piperidine rings is 1. The highest BCUT2D eigenvalue weighted by atomic mass is 32.2. The van der Waals surface area contributed by atoms with Crippen LogP contribution in [0.2, 0.25) is 0 Å². The number of sulfonamides is 1. The summed E-state index contributed by atoms with van der Waals surface area (Å²) < 4.78 is 45.1. The Morgan fingerprint density at radius 2 is 2.19 bits per heavy atom. The SMILES string of the molecule is COC1CN(S(=O)(=O)c2ccc(F)c(C#N)c2)CCC1C. The lowest BCUT2D eigenvalue weighted by molar-refractivity contribution is 0.0184. The molecule has 21 heavy (non-hydrogen) atoms. The first-order valence-electron chi connectivity index (χ1n) is 6.62. The van der Waals surface area contributed by atoms with Crippen LogP contribution in [0.25, 0.3) is 0 Å². The summed E-state index contributed by atoms with van der Waals surface area (Å²) in [5, 5.41) is 8.82. The molecule has 1 aromatic rings. The molecule has 1 saturated heterocycles. The number of nitrogens with zero attached hydrogens (tertiary/aromatic N) is 2. The van der Waals surface area contributed by atoms with E-state index in [1.54, 1.807) is 13.2 Å². The summed E-state index contributed by atoms with van der Waals surface area (Å²) in [5.41, 5.74) is -0.273. The first-order chi connectivity index (χ1) is 9.90. The number of ether oxygens (including phenoxy) is 1. The third-order valence-electron chi connectivity index (χ3n) is 3.85. The molecule has 1 heterocycles. The van der Waals surface area contributed by atoms with E-state index in [-0.39, 0.29) is 29.0 Å². The van der Waals surface area contributed by atoms with Crippen LogP contribution in [-0.4, -0.2) is 39.0 Å². The summed E-state index contributed by atoms with van der Waals surface area (Å²) >= 11 is 0. The van der Waals surface area contributed by atoms with Gasteiger partial charge in [0.2, 0.25) is 10.0 Å². The molecule has 1 aliphatic heterocycles. The normalized spacial score (nSPS) is 23.7. The molecular weight excluding hydrogens is 295 g/mol. The lowest BCUT2D eigenvalue weighted by Gasteiger charge is -2.35. The largest absolute Gasteiger partial charge is 0.380 e. The smallest absolute Gasteiger partial charge is 0.243 e. The van der Waals surface area contributed by atoms with Crippen molar-refractivity contribution < 1.29 is 17.5 Å². The molecule has 2 unspecified atom stereocenters. The first kappa shape index (κ1) is 15.9. The minimum atomic E-state index is -3.74. The fourth-order valence-corrected chi connectivity index (χ4v) is 3.92. The summed E-state index contributed by atoms with van der Waals surface area (Å²) in [7, 11) is -2.18. The van der Waals surface area contributed by atoms with Gasteiger partial charge in [0.15, 0.2) is 0 Å². The van der Waals surface area contributed by atoms with Crippen LogP contribution in [0, 0.1) is 23.1 Å². The number of rotatable bonds is 3. The lowest BCUT2D eigenvalue weighted by Crippen LogP contribution is -2.46. The van der Waals surface area contributed by atoms with Gasteiger partial charge in [0, 0.05) is 20.2 Å². The Morgan fingerprint density at radius 1 is 1.48 bits per heavy atom. The zero-order valence-corrected chi connectivity index (χ0v) is 12.7. The van der Waals surface area contributed by atoms with E-state index in [0.29, 0.717) is 13.0 Å². The maximum Gasteiger partial charge on any atom is 0.243 e. The van der Waals surface area contributed by atoms with E-state index in [1.165, 1.54) is 10.4 Å². The van der Waals surface area contributed by atoms with Crippen LogP contribution >= 0.6 is 0 Å². The highest BCUT2D eigenvalue weighted by Gasteiger charge is 2.34. The molecule has 0 aromatic heterocycles. The maximum atomic E-state index is 13.3. The van der Waals surface area contributed by atoms with Gasteiger partial charge in [-0.3, -0.25) is 0 Å². The van der Waals surface area contributed by atoms with Gasteiger partial charge in [-0.25, -0.2) is 12.8 Å². The van der Waals surface area contributed by atoms with Crippen molar-refractivity contribution in [2.75, 3.05) is 20.2 Å². The lowest BCUT2D eigenvalue weighted by atomic mass is 9.97. The van der Waals surface area contributed by atoms with E-state index >= 15 is 0 Å². The molecule has 0 spiro atoms. The van der Waals surface area contributed by atoms with Gasteiger partial charge < -0.3 is 4.74 Å². The Labute approximate surface area is 124 Å². The molecule has 0 radical (unpaired) electrons. The number of benzene rings is 1. The Hall–Kier alpha value is -1.49. The van der Waals surface area contributed by atoms with Crippen LogP contribution in [-0.2, 0) is 14.8 Å². The number of hydrogen-bond acceptors (Lipinski definition) is 4. The van der Waals surface area contributed by atoms with Crippen molar-refractivity contribution in [1.82, 2.24) is 4.31 Å². The third-order valence-corrected chi connectivity index (χ3v) is 5.71. The van der Waals surface area contributed by atoms with Crippen LogP contribution in [0.3, 0.4) is 0 Å². The van der Waals surface area contributed by atoms with Crippen LogP contribution in [0.1, 0.15) is 18.9 Å². The Bertz CT molecular complexity index is 669. The molecule has 1 fully saturated rings. The first-order valence-corrected chi connectivity index (χ1v) is 8.06. The van der Waals surface area contributed by atoms with Crippen molar-refractivity contribution in [3.63, 3.8) is 0 Å². The second-order valence-corrected chi connectivity index (χ2v) is 7.09. The van der Waals surface area contributed by atoms with Gasteiger partial charge in [-0.05, 0) is 30.5 Å². The van der Waals surface area contributed by atoms with Crippen LogP contribution in [0.5, 0.6) is 0 Å². The van der Waals surface area contributed by atoms with Crippen molar-refractivity contribution >= 4 is 10.0 Å². The summed E-state index contributed by atoms with van der Waals surface area (Å²) in [6.07, 6.45) is 0.536. The predicted molar refractivity (Wildman–Crippen MR) is 74.5 cm³/mol. The second kappa shape index (κ2) is 6.10. The average molecular weight is 312 g/mol. The van der Waals surface area contributed by atoms with Crippen LogP contribution < -0.4 is 0 Å². The van der Waals surface area contributed by atoms with Crippen LogP contribution in [0.15, 0.2) is 23.1 Å². The number of hydrogen-bond donors (Lipinski definition) is 0. The molecule has 114 valence electrons. The summed E-state index contributed by atoms with van der Waals surface area (Å²) in [6, 6.07) is 4.92. The van der Waals surface area contributed by atoms with Gasteiger partial charge in [0.25, 0.3) is 0 Å². The fourth-order valence-electron chi connectivity index (χ4n) is 2.43. The zero-order chi connectivity index (χ0) is 15.6. The topological polar surface area (TPSA) is 70.4 Å². The van der Waals surface area contributed by atoms with Crippen LogP contribution in [0.4, 0.5) is 4.39 Å². The molecule has 1 aliphatic rings. The molecule has 2 rings (SSSR count). The molecular formula is C14H17FN2O3S. The van der Waals surface area contributed by atoms with E-state index in [4.69, 9.17) is 10.00 Å². The summed E-state index contributed by atoms with van der Waals surface area (Å²) in [4.78, 5) is -0.0649. The quantitative estimate of drug-likeness (QED) is 0.852. The predicted octanol–water partition coefficient (Wildman–Crippen LogP) is 1.74. The number of methoxy groups -OCH3 is 1. The van der Waals surface area contributed by atoms with Crippen molar-refractivity contribution in [3.05, 3.63) is 29.6 Å². The van der Waals surface area contributed by atoms with E-state index < -0.39 is 15.8 Å². The Balaban J connectivity index is 2.32. The summed E-state index contributed by atoms with van der Waals surface area (Å²) in [5.74, 6) is -0.442. The van der Waals surface area contributed by atoms with Crippen molar-refractivity contribution in [2.45, 2.75) is 24.3 Å². The summed E-state index contributed by atoms with van der Waals surface area (Å²) in [6.45, 7) is 2.67. The van der Waals surface area contributed by atoms with Gasteiger partial charge in [-0.1, -0.05) is 6.92 Å². The van der Waals surface area contributed by atoms with E-state index in [0.717, 1.165) is 12.1 Å². The fraction of sp³-hybridized carbons (Fsp3) is 0.500. The number of halogens is 1. The maximum absolute atomic E-state index is 13.3. The molecule has 2 atom stereocenters. The minimum Gasteiger partial charge on any atom is -0.380 e. The van der Waals surface area contributed by atoms with E-state index in [2.05, 4.69) is 0 Å². The van der Waals surface area contributed by atoms with Gasteiger partial charge in [-0.15, -0.1) is 0 Å². The number of nitriles is 1. The highest BCUT2D eigenvalue weighted by molar-refractivity contribution is 7.89. The third kappa shape index (κ3) is 3.07. The molecule has 5 nitrogen and oxygen atoms in total. The standard InChI is InChI=1S/C14H17FN2O3S/c1-10-5-6-17(9-14(10)20-2)21(18,19)12-3-4-13(15)11(7-12)8-16/h3-4,7,10,14H,5-6,9H2,1-2H3. The van der Waals surface area contributed by atoms with E-state index in [1.807, 2.05) is 6.92 Å². The Kier molecular flexibility index (Phi) is 4.61. The van der Waals surface area contributed by atoms with Crippen molar-refractivity contribution in [3.8, 4) is 6.07 Å². The molecule has 0 amide bonds. The van der Waals surface area contributed by atoms with Gasteiger partial charge in [0.05, 0.1) is 16.6 Å². The minimum absolute atomic E-state index is 0.0649.